The highest BCUT2D eigenvalue weighted by molar-refractivity contribution is 6.31. The molecule has 0 saturated carbocycles. The molecule has 5 nitrogen and oxygen atoms in total. The monoisotopic (exact) mass is 316 g/mol. The van der Waals surface area contributed by atoms with Crippen molar-refractivity contribution in [3.05, 3.63) is 22.7 Å². The Morgan fingerprint density at radius 3 is 2.62 bits per heavy atom. The lowest BCUT2D eigenvalue weighted by Crippen LogP contribution is -2.26. The van der Waals surface area contributed by atoms with Crippen LogP contribution in [0.4, 0.5) is 0 Å². The molecule has 0 saturated heterocycles. The van der Waals surface area contributed by atoms with E-state index in [1.54, 1.807) is 20.1 Å². The van der Waals surface area contributed by atoms with Gasteiger partial charge in [0.15, 0.2) is 11.5 Å². The number of aliphatic hydroxyl groups is 1. The van der Waals surface area contributed by atoms with Gasteiger partial charge in [-0.2, -0.15) is 0 Å². The molecule has 0 spiro atoms. The van der Waals surface area contributed by atoms with Crippen molar-refractivity contribution in [1.82, 2.24) is 10.2 Å². The Kier molecular flexibility index (Phi) is 7.82. The Balaban J connectivity index is 2.73. The molecule has 1 rings (SSSR count). The lowest BCUT2D eigenvalue weighted by molar-refractivity contribution is 0.126. The number of nitrogens with zero attached hydrogens (tertiary/aromatic N) is 1. The predicted octanol–water partition coefficient (Wildman–Crippen LogP) is 1.76. The van der Waals surface area contributed by atoms with Gasteiger partial charge in [0.2, 0.25) is 0 Å². The highest BCUT2D eigenvalue weighted by Gasteiger charge is 2.13. The van der Waals surface area contributed by atoms with Gasteiger partial charge in [-0.15, -0.1) is 0 Å². The topological polar surface area (TPSA) is 54.0 Å². The van der Waals surface area contributed by atoms with Crippen molar-refractivity contribution in [3.63, 3.8) is 0 Å². The van der Waals surface area contributed by atoms with Crippen LogP contribution in [0.2, 0.25) is 5.02 Å². The molecule has 1 aromatic rings. The van der Waals surface area contributed by atoms with Crippen molar-refractivity contribution in [2.24, 2.45) is 0 Å². The molecule has 0 radical (unpaired) electrons. The molecule has 0 amide bonds. The number of likely N-dealkylation sites (N-methyl/N-ethyl adjacent to an activating group) is 1. The minimum atomic E-state index is -0.306. The van der Waals surface area contributed by atoms with Gasteiger partial charge in [0.05, 0.1) is 13.7 Å². The van der Waals surface area contributed by atoms with E-state index in [2.05, 4.69) is 10.2 Å². The zero-order valence-corrected chi connectivity index (χ0v) is 13.9. The third-order valence-electron chi connectivity index (χ3n) is 2.97. The lowest BCUT2D eigenvalue weighted by atomic mass is 10.2. The molecule has 0 aromatic heterocycles. The van der Waals surface area contributed by atoms with E-state index in [9.17, 15) is 0 Å². The Bertz CT molecular complexity index is 441. The Morgan fingerprint density at radius 1 is 1.33 bits per heavy atom. The molecule has 1 unspecified atom stereocenters. The molecule has 6 heteroatoms. The van der Waals surface area contributed by atoms with Crippen molar-refractivity contribution < 1.29 is 14.6 Å². The highest BCUT2D eigenvalue weighted by Crippen LogP contribution is 2.34. The molecule has 1 aromatic carbocycles. The number of nitrogens with one attached hydrogen (secondary N) is 1. The highest BCUT2D eigenvalue weighted by atomic mass is 35.5. The van der Waals surface area contributed by atoms with E-state index in [1.165, 1.54) is 0 Å². The summed E-state index contributed by atoms with van der Waals surface area (Å²) in [6, 6.07) is 3.60. The standard InChI is InChI=1S/C15H25ClN2O3/c1-11(10-19)21-15-8-13(16)12(7-14(15)20-4)9-17-5-6-18(2)3/h7-8,11,17,19H,5-6,9-10H2,1-4H3. The fourth-order valence-corrected chi connectivity index (χ4v) is 1.96. The van der Waals surface area contributed by atoms with E-state index < -0.39 is 0 Å². The van der Waals surface area contributed by atoms with Gasteiger partial charge in [0.25, 0.3) is 0 Å². The van der Waals surface area contributed by atoms with E-state index in [1.807, 2.05) is 20.2 Å². The third kappa shape index (κ3) is 6.09. The van der Waals surface area contributed by atoms with E-state index in [0.717, 1.165) is 18.7 Å². The van der Waals surface area contributed by atoms with Gasteiger partial charge in [-0.1, -0.05) is 11.6 Å². The molecule has 0 fully saturated rings. The number of hydrogen-bond acceptors (Lipinski definition) is 5. The van der Waals surface area contributed by atoms with Crippen molar-refractivity contribution >= 4 is 11.6 Å². The van der Waals surface area contributed by atoms with Crippen molar-refractivity contribution in [2.75, 3.05) is 40.9 Å². The minimum absolute atomic E-state index is 0.0609. The number of benzene rings is 1. The molecule has 0 aliphatic carbocycles. The van der Waals surface area contributed by atoms with Gasteiger partial charge in [-0.3, -0.25) is 0 Å². The van der Waals surface area contributed by atoms with Gasteiger partial charge in [0, 0.05) is 30.7 Å². The SMILES string of the molecule is COc1cc(CNCCN(C)C)c(Cl)cc1OC(C)CO. The van der Waals surface area contributed by atoms with Crippen molar-refractivity contribution in [3.8, 4) is 11.5 Å². The number of aliphatic hydroxyl groups excluding tert-OH is 1. The summed E-state index contributed by atoms with van der Waals surface area (Å²) in [6.07, 6.45) is -0.306. The molecule has 1 atom stereocenters. The molecular formula is C15H25ClN2O3. The second kappa shape index (κ2) is 9.10. The largest absolute Gasteiger partial charge is 0.493 e. The Morgan fingerprint density at radius 2 is 2.05 bits per heavy atom. The molecule has 0 aliphatic heterocycles. The summed E-state index contributed by atoms with van der Waals surface area (Å²) in [5, 5.41) is 13.0. The first-order chi connectivity index (χ1) is 9.97. The maximum absolute atomic E-state index is 9.06. The van der Waals surface area contributed by atoms with E-state index in [0.29, 0.717) is 23.1 Å². The lowest BCUT2D eigenvalue weighted by Gasteiger charge is -2.17. The van der Waals surface area contributed by atoms with E-state index >= 15 is 0 Å². The smallest absolute Gasteiger partial charge is 0.163 e. The summed E-state index contributed by atoms with van der Waals surface area (Å²) in [5.41, 5.74) is 0.955. The van der Waals surface area contributed by atoms with Crippen LogP contribution in [0.5, 0.6) is 11.5 Å². The zero-order chi connectivity index (χ0) is 15.8. The van der Waals surface area contributed by atoms with Gasteiger partial charge in [-0.25, -0.2) is 0 Å². The fourth-order valence-electron chi connectivity index (χ4n) is 1.74. The van der Waals surface area contributed by atoms with E-state index in [-0.39, 0.29) is 12.7 Å². The molecule has 0 heterocycles. The quantitative estimate of drug-likeness (QED) is 0.680. The van der Waals surface area contributed by atoms with Gasteiger partial charge in [0.1, 0.15) is 6.10 Å². The predicted molar refractivity (Wildman–Crippen MR) is 85.4 cm³/mol. The fraction of sp³-hybridized carbons (Fsp3) is 0.600. The van der Waals surface area contributed by atoms with Crippen LogP contribution >= 0.6 is 11.6 Å². The van der Waals surface area contributed by atoms with Crippen LogP contribution in [0.1, 0.15) is 12.5 Å². The van der Waals surface area contributed by atoms with Crippen LogP contribution in [-0.2, 0) is 6.54 Å². The van der Waals surface area contributed by atoms with Gasteiger partial charge < -0.3 is 24.8 Å². The number of methoxy groups -OCH3 is 1. The van der Waals surface area contributed by atoms with Crippen LogP contribution < -0.4 is 14.8 Å². The second-order valence-corrected chi connectivity index (χ2v) is 5.59. The maximum Gasteiger partial charge on any atom is 0.163 e. The molecule has 0 aliphatic rings. The van der Waals surface area contributed by atoms with Gasteiger partial charge >= 0.3 is 0 Å². The average molecular weight is 317 g/mol. The Labute approximate surface area is 131 Å². The second-order valence-electron chi connectivity index (χ2n) is 5.19. The van der Waals surface area contributed by atoms with E-state index in [4.69, 9.17) is 26.2 Å². The summed E-state index contributed by atoms with van der Waals surface area (Å²) in [5.74, 6) is 1.16. The summed E-state index contributed by atoms with van der Waals surface area (Å²) in [7, 11) is 5.65. The summed E-state index contributed by atoms with van der Waals surface area (Å²) >= 11 is 6.28. The van der Waals surface area contributed by atoms with Crippen LogP contribution in [-0.4, -0.2) is 57.0 Å². The number of halogens is 1. The minimum Gasteiger partial charge on any atom is -0.493 e. The van der Waals surface area contributed by atoms with Crippen LogP contribution in [0.25, 0.3) is 0 Å². The average Bonchev–Trinajstić information content (AvgIpc) is 2.44. The zero-order valence-electron chi connectivity index (χ0n) is 13.1. The summed E-state index contributed by atoms with van der Waals surface area (Å²) < 4.78 is 10.9. The van der Waals surface area contributed by atoms with Gasteiger partial charge in [-0.05, 0) is 32.6 Å². The van der Waals surface area contributed by atoms with Crippen molar-refractivity contribution in [2.45, 2.75) is 19.6 Å². The van der Waals surface area contributed by atoms with Crippen LogP contribution in [0, 0.1) is 0 Å². The number of ether oxygens (including phenoxy) is 2. The summed E-state index contributed by atoms with van der Waals surface area (Å²) in [4.78, 5) is 2.11. The summed E-state index contributed by atoms with van der Waals surface area (Å²) in [6.45, 7) is 4.23. The molecule has 120 valence electrons. The first-order valence-electron chi connectivity index (χ1n) is 6.97. The molecule has 21 heavy (non-hydrogen) atoms. The third-order valence-corrected chi connectivity index (χ3v) is 3.32. The molecule has 2 N–H and O–H groups in total. The first-order valence-corrected chi connectivity index (χ1v) is 7.35. The van der Waals surface area contributed by atoms with Crippen LogP contribution in [0.3, 0.4) is 0 Å². The first kappa shape index (κ1) is 18.0. The Hall–Kier alpha value is -1.01. The maximum atomic E-state index is 9.06. The van der Waals surface area contributed by atoms with Crippen LogP contribution in [0.15, 0.2) is 12.1 Å². The normalized spacial score (nSPS) is 12.5. The van der Waals surface area contributed by atoms with Crippen molar-refractivity contribution in [1.29, 1.82) is 0 Å². The number of hydrogen-bond donors (Lipinski definition) is 2. The molecular weight excluding hydrogens is 292 g/mol. The number of rotatable bonds is 9. The molecule has 0 bridgehead atoms.